The van der Waals surface area contributed by atoms with E-state index in [4.69, 9.17) is 4.74 Å². The van der Waals surface area contributed by atoms with E-state index in [9.17, 15) is 9.18 Å². The molecule has 1 aromatic carbocycles. The van der Waals surface area contributed by atoms with Gasteiger partial charge in [0.25, 0.3) is 0 Å². The standard InChI is InChI=1S/C16H21FN6O2/c1-10-7-23(8-11(2)25-10)14-4-3-12(5-13(14)17)21-16(24)18-6-15-19-9-20-22-15/h3-5,9-11H,6-8H2,1-2H3,(H2,18,21,24)(H,19,20,22)/t10-,11-/m0/s1. The lowest BCUT2D eigenvalue weighted by molar-refractivity contribution is -0.00539. The first-order chi connectivity index (χ1) is 12.0. The van der Waals surface area contributed by atoms with E-state index in [2.05, 4.69) is 25.8 Å². The first kappa shape index (κ1) is 17.2. The van der Waals surface area contributed by atoms with Gasteiger partial charge in [-0.3, -0.25) is 5.10 Å². The third kappa shape index (κ3) is 4.44. The van der Waals surface area contributed by atoms with Crippen LogP contribution in [0.3, 0.4) is 0 Å². The van der Waals surface area contributed by atoms with Gasteiger partial charge in [-0.2, -0.15) is 5.10 Å². The number of H-pyrrole nitrogens is 1. The zero-order valence-corrected chi connectivity index (χ0v) is 14.1. The Hall–Kier alpha value is -2.68. The lowest BCUT2D eigenvalue weighted by Crippen LogP contribution is -2.45. The summed E-state index contributed by atoms with van der Waals surface area (Å²) < 4.78 is 20.1. The van der Waals surface area contributed by atoms with Crippen molar-refractivity contribution in [3.8, 4) is 0 Å². The number of carbonyl (C=O) groups excluding carboxylic acids is 1. The van der Waals surface area contributed by atoms with Crippen LogP contribution in [-0.4, -0.2) is 46.5 Å². The van der Waals surface area contributed by atoms with Crippen LogP contribution in [0.25, 0.3) is 0 Å². The van der Waals surface area contributed by atoms with Crippen molar-refractivity contribution < 1.29 is 13.9 Å². The predicted molar refractivity (Wildman–Crippen MR) is 90.9 cm³/mol. The monoisotopic (exact) mass is 348 g/mol. The van der Waals surface area contributed by atoms with Gasteiger partial charge in [0.15, 0.2) is 0 Å². The lowest BCUT2D eigenvalue weighted by atomic mass is 10.2. The minimum atomic E-state index is -0.447. The van der Waals surface area contributed by atoms with E-state index in [1.54, 1.807) is 12.1 Å². The molecule has 1 saturated heterocycles. The molecule has 3 rings (SSSR count). The van der Waals surface area contributed by atoms with E-state index in [1.807, 2.05) is 18.7 Å². The predicted octanol–water partition coefficient (Wildman–Crippen LogP) is 1.88. The Balaban J connectivity index is 1.60. The fourth-order valence-electron chi connectivity index (χ4n) is 2.87. The Morgan fingerprint density at radius 1 is 1.40 bits per heavy atom. The molecule has 1 aromatic heterocycles. The number of nitrogens with zero attached hydrogens (tertiary/aromatic N) is 3. The fourth-order valence-corrected chi connectivity index (χ4v) is 2.87. The molecule has 2 heterocycles. The molecule has 1 aliphatic heterocycles. The van der Waals surface area contributed by atoms with E-state index in [1.165, 1.54) is 12.4 Å². The molecule has 25 heavy (non-hydrogen) atoms. The quantitative estimate of drug-likeness (QED) is 0.784. The molecule has 2 amide bonds. The van der Waals surface area contributed by atoms with Crippen molar-refractivity contribution in [2.24, 2.45) is 0 Å². The lowest BCUT2D eigenvalue weighted by Gasteiger charge is -2.37. The molecule has 2 aromatic rings. The minimum Gasteiger partial charge on any atom is -0.372 e. The second kappa shape index (κ2) is 7.47. The van der Waals surface area contributed by atoms with E-state index in [0.717, 1.165) is 0 Å². The van der Waals surface area contributed by atoms with Gasteiger partial charge in [-0.15, -0.1) is 0 Å². The van der Waals surface area contributed by atoms with Gasteiger partial charge in [-0.25, -0.2) is 14.2 Å². The number of nitrogens with one attached hydrogen (secondary N) is 3. The molecule has 9 heteroatoms. The smallest absolute Gasteiger partial charge is 0.319 e. The Morgan fingerprint density at radius 2 is 2.16 bits per heavy atom. The van der Waals surface area contributed by atoms with Gasteiger partial charge in [0.1, 0.15) is 18.0 Å². The third-order valence-electron chi connectivity index (χ3n) is 3.85. The normalized spacial score (nSPS) is 20.4. The number of morpholine rings is 1. The summed E-state index contributed by atoms with van der Waals surface area (Å²) >= 11 is 0. The van der Waals surface area contributed by atoms with Crippen LogP contribution in [0.4, 0.5) is 20.6 Å². The molecule has 0 spiro atoms. The van der Waals surface area contributed by atoms with Gasteiger partial charge >= 0.3 is 6.03 Å². The first-order valence-electron chi connectivity index (χ1n) is 8.10. The number of urea groups is 1. The Bertz CT molecular complexity index is 713. The van der Waals surface area contributed by atoms with Crippen molar-refractivity contribution in [1.29, 1.82) is 0 Å². The fraction of sp³-hybridized carbons (Fsp3) is 0.438. The molecule has 2 atom stereocenters. The van der Waals surface area contributed by atoms with Gasteiger partial charge in [-0.1, -0.05) is 0 Å². The molecule has 8 nitrogen and oxygen atoms in total. The number of anilines is 2. The molecular weight excluding hydrogens is 327 g/mol. The molecule has 0 bridgehead atoms. The summed E-state index contributed by atoms with van der Waals surface area (Å²) in [6.45, 7) is 5.40. The number of ether oxygens (including phenoxy) is 1. The summed E-state index contributed by atoms with van der Waals surface area (Å²) in [5.41, 5.74) is 0.889. The first-order valence-corrected chi connectivity index (χ1v) is 8.10. The highest BCUT2D eigenvalue weighted by Crippen LogP contribution is 2.26. The van der Waals surface area contributed by atoms with Gasteiger partial charge in [0, 0.05) is 18.8 Å². The number of hydrogen-bond donors (Lipinski definition) is 3. The van der Waals surface area contributed by atoms with E-state index in [-0.39, 0.29) is 24.6 Å². The second-order valence-corrected chi connectivity index (χ2v) is 6.07. The van der Waals surface area contributed by atoms with Crippen molar-refractivity contribution in [3.05, 3.63) is 36.2 Å². The van der Waals surface area contributed by atoms with Crippen LogP contribution in [-0.2, 0) is 11.3 Å². The molecule has 0 radical (unpaired) electrons. The number of halogens is 1. The van der Waals surface area contributed by atoms with Crippen molar-refractivity contribution >= 4 is 17.4 Å². The molecule has 0 unspecified atom stereocenters. The van der Waals surface area contributed by atoms with E-state index < -0.39 is 6.03 Å². The number of aromatic amines is 1. The van der Waals surface area contributed by atoms with Gasteiger partial charge < -0.3 is 20.3 Å². The zero-order valence-electron chi connectivity index (χ0n) is 14.1. The van der Waals surface area contributed by atoms with Crippen molar-refractivity contribution in [2.75, 3.05) is 23.3 Å². The Morgan fingerprint density at radius 3 is 2.80 bits per heavy atom. The van der Waals surface area contributed by atoms with Crippen LogP contribution < -0.4 is 15.5 Å². The number of carbonyl (C=O) groups is 1. The third-order valence-corrected chi connectivity index (χ3v) is 3.85. The maximum absolute atomic E-state index is 14.5. The minimum absolute atomic E-state index is 0.0443. The highest BCUT2D eigenvalue weighted by atomic mass is 19.1. The SMILES string of the molecule is C[C@H]1CN(c2ccc(NC(=O)NCc3ncn[nH]3)cc2F)C[C@H](C)O1. The van der Waals surface area contributed by atoms with Crippen molar-refractivity contribution in [1.82, 2.24) is 20.5 Å². The zero-order chi connectivity index (χ0) is 17.8. The maximum atomic E-state index is 14.5. The molecule has 3 N–H and O–H groups in total. The molecule has 1 fully saturated rings. The largest absolute Gasteiger partial charge is 0.372 e. The average Bonchev–Trinajstić information content (AvgIpc) is 3.05. The summed E-state index contributed by atoms with van der Waals surface area (Å²) in [5.74, 6) is 0.154. The molecule has 134 valence electrons. The number of aromatic nitrogens is 3. The van der Waals surface area contributed by atoms with Crippen molar-refractivity contribution in [2.45, 2.75) is 32.6 Å². The van der Waals surface area contributed by atoms with Crippen molar-refractivity contribution in [3.63, 3.8) is 0 Å². The molecular formula is C16H21FN6O2. The number of amides is 2. The topological polar surface area (TPSA) is 95.2 Å². The summed E-state index contributed by atoms with van der Waals surface area (Å²) in [6, 6.07) is 4.22. The van der Waals surface area contributed by atoms with Crippen LogP contribution in [0.5, 0.6) is 0 Å². The van der Waals surface area contributed by atoms with Gasteiger partial charge in [0.2, 0.25) is 0 Å². The summed E-state index contributed by atoms with van der Waals surface area (Å²) in [4.78, 5) is 17.7. The summed E-state index contributed by atoms with van der Waals surface area (Å²) in [5, 5.41) is 11.5. The second-order valence-electron chi connectivity index (χ2n) is 6.07. The molecule has 1 aliphatic rings. The number of rotatable bonds is 4. The van der Waals surface area contributed by atoms with Crippen LogP contribution in [0.1, 0.15) is 19.7 Å². The average molecular weight is 348 g/mol. The maximum Gasteiger partial charge on any atom is 0.319 e. The van der Waals surface area contributed by atoms with Crippen LogP contribution >= 0.6 is 0 Å². The summed E-state index contributed by atoms with van der Waals surface area (Å²) in [7, 11) is 0. The highest BCUT2D eigenvalue weighted by Gasteiger charge is 2.24. The van der Waals surface area contributed by atoms with Crippen LogP contribution in [0.15, 0.2) is 24.5 Å². The van der Waals surface area contributed by atoms with E-state index >= 15 is 0 Å². The van der Waals surface area contributed by atoms with Gasteiger partial charge in [-0.05, 0) is 32.0 Å². The highest BCUT2D eigenvalue weighted by molar-refractivity contribution is 5.89. The Kier molecular flexibility index (Phi) is 5.13. The van der Waals surface area contributed by atoms with Crippen LogP contribution in [0, 0.1) is 5.82 Å². The van der Waals surface area contributed by atoms with Gasteiger partial charge in [0.05, 0.1) is 24.4 Å². The Labute approximate surface area is 144 Å². The molecule has 0 aliphatic carbocycles. The molecule has 0 saturated carbocycles. The summed E-state index contributed by atoms with van der Waals surface area (Å²) in [6.07, 6.45) is 1.45. The van der Waals surface area contributed by atoms with E-state index in [0.29, 0.717) is 30.3 Å². The van der Waals surface area contributed by atoms with Crippen LogP contribution in [0.2, 0.25) is 0 Å². The number of hydrogen-bond acceptors (Lipinski definition) is 5. The number of benzene rings is 1.